The highest BCUT2D eigenvalue weighted by atomic mass is 35.5. The number of hydrogen-bond donors (Lipinski definition) is 2. The highest BCUT2D eigenvalue weighted by Gasteiger charge is 2.34. The van der Waals surface area contributed by atoms with E-state index in [1.54, 1.807) is 0 Å². The Morgan fingerprint density at radius 3 is 2.55 bits per heavy atom. The Labute approximate surface area is 140 Å². The molecule has 1 fully saturated rings. The number of halogens is 1. The summed E-state index contributed by atoms with van der Waals surface area (Å²) in [5, 5.41) is 2.97. The lowest BCUT2D eigenvalue weighted by Gasteiger charge is -2.38. The van der Waals surface area contributed by atoms with Crippen LogP contribution in [-0.4, -0.2) is 41.9 Å². The van der Waals surface area contributed by atoms with Crippen molar-refractivity contribution in [2.75, 3.05) is 13.1 Å². The van der Waals surface area contributed by atoms with E-state index in [4.69, 9.17) is 5.73 Å². The van der Waals surface area contributed by atoms with Crippen LogP contribution < -0.4 is 11.1 Å². The first-order chi connectivity index (χ1) is 10.0. The maximum absolute atomic E-state index is 12.4. The molecule has 2 amide bonds. The van der Waals surface area contributed by atoms with Crippen LogP contribution in [0.15, 0.2) is 0 Å². The summed E-state index contributed by atoms with van der Waals surface area (Å²) in [6.45, 7) is 7.41. The number of carbonyl (C=O) groups excluding carboxylic acids is 2. The Morgan fingerprint density at radius 1 is 1.27 bits per heavy atom. The average molecular weight is 334 g/mol. The third-order valence-corrected chi connectivity index (χ3v) is 4.28. The number of nitrogens with one attached hydrogen (secondary N) is 1. The third kappa shape index (κ3) is 6.13. The number of carbonyl (C=O) groups is 2. The van der Waals surface area contributed by atoms with Crippen LogP contribution in [0.4, 0.5) is 0 Å². The lowest BCUT2D eigenvalue weighted by atomic mass is 9.91. The molecule has 6 heteroatoms. The van der Waals surface area contributed by atoms with Gasteiger partial charge < -0.3 is 16.0 Å². The molecule has 130 valence electrons. The molecule has 3 unspecified atom stereocenters. The summed E-state index contributed by atoms with van der Waals surface area (Å²) in [7, 11) is 0. The van der Waals surface area contributed by atoms with Crippen molar-refractivity contribution in [3.63, 3.8) is 0 Å². The second-order valence-electron chi connectivity index (χ2n) is 6.15. The predicted molar refractivity (Wildman–Crippen MR) is 91.9 cm³/mol. The largest absolute Gasteiger partial charge is 0.356 e. The Hall–Kier alpha value is -0.810. The van der Waals surface area contributed by atoms with Gasteiger partial charge in [0.15, 0.2) is 0 Å². The number of amides is 2. The van der Waals surface area contributed by atoms with E-state index in [0.717, 1.165) is 38.6 Å². The standard InChI is InChI=1S/C16H31N3O2.ClH/c1-4-6-10-18-15(20)13-9-8-12(3)19(11-13)16(21)14(17)7-5-2;/h12-14H,4-11,17H2,1-3H3,(H,18,20);1H. The molecule has 0 radical (unpaired) electrons. The van der Waals surface area contributed by atoms with Crippen molar-refractivity contribution in [3.05, 3.63) is 0 Å². The van der Waals surface area contributed by atoms with Gasteiger partial charge in [0.2, 0.25) is 11.8 Å². The van der Waals surface area contributed by atoms with Crippen LogP contribution in [0.1, 0.15) is 59.3 Å². The molecule has 1 heterocycles. The monoisotopic (exact) mass is 333 g/mol. The fourth-order valence-electron chi connectivity index (χ4n) is 2.81. The second kappa shape index (κ2) is 10.8. The Kier molecular flexibility index (Phi) is 10.4. The molecule has 0 bridgehead atoms. The van der Waals surface area contributed by atoms with E-state index in [9.17, 15) is 9.59 Å². The summed E-state index contributed by atoms with van der Waals surface area (Å²) in [4.78, 5) is 26.4. The predicted octanol–water partition coefficient (Wildman–Crippen LogP) is 2.08. The molecule has 0 aromatic heterocycles. The fraction of sp³-hybridized carbons (Fsp3) is 0.875. The van der Waals surface area contributed by atoms with Crippen molar-refractivity contribution in [3.8, 4) is 0 Å². The zero-order valence-electron chi connectivity index (χ0n) is 14.1. The minimum Gasteiger partial charge on any atom is -0.356 e. The van der Waals surface area contributed by atoms with Crippen LogP contribution in [0.3, 0.4) is 0 Å². The van der Waals surface area contributed by atoms with Crippen molar-refractivity contribution >= 4 is 24.2 Å². The van der Waals surface area contributed by atoms with Crippen LogP contribution in [0.5, 0.6) is 0 Å². The van der Waals surface area contributed by atoms with Crippen LogP contribution in [0, 0.1) is 5.92 Å². The van der Waals surface area contributed by atoms with Gasteiger partial charge in [0.1, 0.15) is 0 Å². The highest BCUT2D eigenvalue weighted by Crippen LogP contribution is 2.23. The van der Waals surface area contributed by atoms with Crippen molar-refractivity contribution in [2.24, 2.45) is 11.7 Å². The zero-order chi connectivity index (χ0) is 15.8. The molecule has 1 aliphatic heterocycles. The molecular formula is C16H32ClN3O2. The van der Waals surface area contributed by atoms with Crippen LogP contribution in [-0.2, 0) is 9.59 Å². The maximum atomic E-state index is 12.4. The zero-order valence-corrected chi connectivity index (χ0v) is 15.0. The summed E-state index contributed by atoms with van der Waals surface area (Å²) in [6.07, 6.45) is 5.39. The molecule has 1 saturated heterocycles. The number of hydrogen-bond acceptors (Lipinski definition) is 3. The lowest BCUT2D eigenvalue weighted by molar-refractivity contribution is -0.139. The molecule has 0 aromatic rings. The summed E-state index contributed by atoms with van der Waals surface area (Å²) >= 11 is 0. The van der Waals surface area contributed by atoms with Gasteiger partial charge in [-0.2, -0.15) is 0 Å². The number of unbranched alkanes of at least 4 members (excludes halogenated alkanes) is 1. The quantitative estimate of drug-likeness (QED) is 0.700. The van der Waals surface area contributed by atoms with E-state index in [-0.39, 0.29) is 36.2 Å². The maximum Gasteiger partial charge on any atom is 0.239 e. The van der Waals surface area contributed by atoms with Crippen molar-refractivity contribution < 1.29 is 9.59 Å². The van der Waals surface area contributed by atoms with Gasteiger partial charge in [-0.25, -0.2) is 0 Å². The molecule has 0 saturated carbocycles. The van der Waals surface area contributed by atoms with E-state index < -0.39 is 6.04 Å². The molecule has 1 aliphatic rings. The minimum atomic E-state index is -0.431. The van der Waals surface area contributed by atoms with E-state index in [2.05, 4.69) is 12.2 Å². The normalized spacial score (nSPS) is 22.6. The first-order valence-corrected chi connectivity index (χ1v) is 8.35. The Balaban J connectivity index is 0.00000441. The first kappa shape index (κ1) is 21.2. The van der Waals surface area contributed by atoms with Gasteiger partial charge in [0.25, 0.3) is 0 Å². The minimum absolute atomic E-state index is 0. The fourth-order valence-corrected chi connectivity index (χ4v) is 2.81. The van der Waals surface area contributed by atoms with Crippen LogP contribution in [0.25, 0.3) is 0 Å². The molecule has 3 atom stereocenters. The molecule has 22 heavy (non-hydrogen) atoms. The molecule has 1 rings (SSSR count). The summed E-state index contributed by atoms with van der Waals surface area (Å²) < 4.78 is 0. The van der Waals surface area contributed by atoms with Crippen LogP contribution in [0.2, 0.25) is 0 Å². The van der Waals surface area contributed by atoms with Gasteiger partial charge in [-0.3, -0.25) is 9.59 Å². The van der Waals surface area contributed by atoms with E-state index >= 15 is 0 Å². The molecular weight excluding hydrogens is 302 g/mol. The topological polar surface area (TPSA) is 75.4 Å². The van der Waals surface area contributed by atoms with Gasteiger partial charge in [-0.15, -0.1) is 12.4 Å². The van der Waals surface area contributed by atoms with E-state index in [1.165, 1.54) is 0 Å². The number of nitrogens with two attached hydrogens (primary N) is 1. The van der Waals surface area contributed by atoms with Crippen molar-refractivity contribution in [1.29, 1.82) is 0 Å². The van der Waals surface area contributed by atoms with Gasteiger partial charge in [-0.1, -0.05) is 26.7 Å². The highest BCUT2D eigenvalue weighted by molar-refractivity contribution is 5.85. The average Bonchev–Trinajstić information content (AvgIpc) is 2.47. The van der Waals surface area contributed by atoms with Crippen molar-refractivity contribution in [2.45, 2.75) is 71.4 Å². The molecule has 3 N–H and O–H groups in total. The summed E-state index contributed by atoms with van der Waals surface area (Å²) in [6, 6.07) is -0.251. The molecule has 0 aliphatic carbocycles. The van der Waals surface area contributed by atoms with E-state index in [0.29, 0.717) is 13.0 Å². The van der Waals surface area contributed by atoms with Crippen LogP contribution >= 0.6 is 12.4 Å². The third-order valence-electron chi connectivity index (χ3n) is 4.28. The van der Waals surface area contributed by atoms with Gasteiger partial charge in [-0.05, 0) is 32.6 Å². The lowest BCUT2D eigenvalue weighted by Crippen LogP contribution is -2.54. The van der Waals surface area contributed by atoms with Gasteiger partial charge >= 0.3 is 0 Å². The molecule has 0 spiro atoms. The number of likely N-dealkylation sites (tertiary alicyclic amines) is 1. The Bertz CT molecular complexity index is 352. The Morgan fingerprint density at radius 2 is 1.95 bits per heavy atom. The van der Waals surface area contributed by atoms with Gasteiger partial charge in [0.05, 0.1) is 12.0 Å². The number of piperidine rings is 1. The smallest absolute Gasteiger partial charge is 0.239 e. The van der Waals surface area contributed by atoms with Gasteiger partial charge in [0, 0.05) is 19.1 Å². The molecule has 5 nitrogen and oxygen atoms in total. The summed E-state index contributed by atoms with van der Waals surface area (Å²) in [5.41, 5.74) is 5.95. The molecule has 0 aromatic carbocycles. The second-order valence-corrected chi connectivity index (χ2v) is 6.15. The van der Waals surface area contributed by atoms with Crippen molar-refractivity contribution in [1.82, 2.24) is 10.2 Å². The summed E-state index contributed by atoms with van der Waals surface area (Å²) in [5.74, 6) is -0.0107. The number of rotatable bonds is 7. The SMILES string of the molecule is CCCCNC(=O)C1CCC(C)N(C(=O)C(N)CCC)C1.Cl. The van der Waals surface area contributed by atoms with E-state index in [1.807, 2.05) is 18.7 Å². The number of nitrogens with zero attached hydrogens (tertiary/aromatic N) is 1. The first-order valence-electron chi connectivity index (χ1n) is 8.35.